The van der Waals surface area contributed by atoms with Crippen molar-refractivity contribution in [2.75, 3.05) is 13.1 Å². The number of carbonyl (C=O) groups is 1. The second kappa shape index (κ2) is 15.2. The van der Waals surface area contributed by atoms with Crippen LogP contribution in [0, 0.1) is 5.41 Å². The number of nitrogens with one attached hydrogen (secondary N) is 1. The maximum Gasteiger partial charge on any atom is 0.279 e. The van der Waals surface area contributed by atoms with Gasteiger partial charge >= 0.3 is 0 Å². The van der Waals surface area contributed by atoms with Crippen molar-refractivity contribution in [2.24, 2.45) is 11.1 Å². The number of amides is 1. The Labute approximate surface area is 118 Å². The van der Waals surface area contributed by atoms with Crippen molar-refractivity contribution in [3.8, 4) is 0 Å². The quantitative estimate of drug-likeness (QED) is 0.695. The SMILES string of the molecule is C=C(F)C(=O)NCCC(C)(CC)CCN.CC.CC. The third-order valence-electron chi connectivity index (χ3n) is 2.86. The molecule has 0 aromatic rings. The average molecular weight is 276 g/mol. The molecule has 0 aromatic heterocycles. The molecular weight excluding hydrogens is 243 g/mol. The number of nitrogens with two attached hydrogens (primary N) is 1. The predicted molar refractivity (Wildman–Crippen MR) is 82.6 cm³/mol. The van der Waals surface area contributed by atoms with E-state index in [0.717, 1.165) is 19.3 Å². The molecule has 3 N–H and O–H groups in total. The Morgan fingerprint density at radius 3 is 2.05 bits per heavy atom. The van der Waals surface area contributed by atoms with E-state index in [4.69, 9.17) is 5.73 Å². The van der Waals surface area contributed by atoms with Gasteiger partial charge in [0.1, 0.15) is 0 Å². The minimum absolute atomic E-state index is 0.125. The van der Waals surface area contributed by atoms with E-state index in [2.05, 4.69) is 25.7 Å². The van der Waals surface area contributed by atoms with Crippen molar-refractivity contribution in [1.29, 1.82) is 0 Å². The molecule has 0 aliphatic carbocycles. The highest BCUT2D eigenvalue weighted by Crippen LogP contribution is 2.28. The van der Waals surface area contributed by atoms with Crippen molar-refractivity contribution in [1.82, 2.24) is 5.32 Å². The molecule has 0 saturated heterocycles. The van der Waals surface area contributed by atoms with Crippen molar-refractivity contribution in [3.05, 3.63) is 12.4 Å². The second-order valence-corrected chi connectivity index (χ2v) is 4.11. The molecule has 0 radical (unpaired) electrons. The number of halogens is 1. The minimum atomic E-state index is -0.938. The number of hydrogen-bond acceptors (Lipinski definition) is 2. The molecule has 1 atom stereocenters. The highest BCUT2D eigenvalue weighted by molar-refractivity contribution is 5.90. The molecule has 0 saturated carbocycles. The van der Waals surface area contributed by atoms with E-state index in [1.807, 2.05) is 27.7 Å². The van der Waals surface area contributed by atoms with E-state index in [0.29, 0.717) is 13.1 Å². The molecule has 0 rings (SSSR count). The van der Waals surface area contributed by atoms with Gasteiger partial charge in [-0.05, 0) is 24.8 Å². The molecule has 0 bridgehead atoms. The molecule has 0 heterocycles. The molecule has 1 amide bonds. The van der Waals surface area contributed by atoms with Gasteiger partial charge in [-0.25, -0.2) is 4.39 Å². The van der Waals surface area contributed by atoms with Crippen molar-refractivity contribution >= 4 is 5.91 Å². The minimum Gasteiger partial charge on any atom is -0.350 e. The summed E-state index contributed by atoms with van der Waals surface area (Å²) in [4.78, 5) is 10.9. The zero-order chi connectivity index (χ0) is 15.9. The first kappa shape index (κ1) is 23.2. The number of rotatable bonds is 7. The van der Waals surface area contributed by atoms with Gasteiger partial charge < -0.3 is 11.1 Å². The fourth-order valence-corrected chi connectivity index (χ4v) is 1.40. The zero-order valence-corrected chi connectivity index (χ0v) is 13.6. The second-order valence-electron chi connectivity index (χ2n) is 4.11. The molecule has 116 valence electrons. The molecule has 0 aromatic carbocycles. The smallest absolute Gasteiger partial charge is 0.279 e. The third kappa shape index (κ3) is 13.3. The normalized spacial score (nSPS) is 12.0. The van der Waals surface area contributed by atoms with Crippen LogP contribution in [0.15, 0.2) is 12.4 Å². The summed E-state index contributed by atoms with van der Waals surface area (Å²) in [5, 5.41) is 2.48. The largest absolute Gasteiger partial charge is 0.350 e. The number of carbonyl (C=O) groups excluding carboxylic acids is 1. The predicted octanol–water partition coefficient (Wildman–Crippen LogP) is 3.79. The lowest BCUT2D eigenvalue weighted by atomic mass is 9.81. The van der Waals surface area contributed by atoms with E-state index in [-0.39, 0.29) is 5.41 Å². The summed E-state index contributed by atoms with van der Waals surface area (Å²) >= 11 is 0. The van der Waals surface area contributed by atoms with Gasteiger partial charge in [0.05, 0.1) is 0 Å². The molecular formula is C15H33FN2O. The van der Waals surface area contributed by atoms with Gasteiger partial charge in [0.25, 0.3) is 5.91 Å². The van der Waals surface area contributed by atoms with Gasteiger partial charge in [0.2, 0.25) is 0 Å². The Morgan fingerprint density at radius 1 is 1.26 bits per heavy atom. The molecule has 1 unspecified atom stereocenters. The summed E-state index contributed by atoms with van der Waals surface area (Å²) in [7, 11) is 0. The van der Waals surface area contributed by atoms with Crippen LogP contribution in [0.5, 0.6) is 0 Å². The maximum absolute atomic E-state index is 12.3. The van der Waals surface area contributed by atoms with Gasteiger partial charge in [-0.3, -0.25) is 4.79 Å². The Morgan fingerprint density at radius 2 is 1.74 bits per heavy atom. The van der Waals surface area contributed by atoms with Gasteiger partial charge in [-0.15, -0.1) is 0 Å². The van der Waals surface area contributed by atoms with E-state index < -0.39 is 11.7 Å². The lowest BCUT2D eigenvalue weighted by Gasteiger charge is -2.27. The summed E-state index contributed by atoms with van der Waals surface area (Å²) in [5.74, 6) is -1.66. The summed E-state index contributed by atoms with van der Waals surface area (Å²) in [6.07, 6.45) is 2.71. The molecule has 3 nitrogen and oxygen atoms in total. The first-order valence-corrected chi connectivity index (χ1v) is 7.28. The maximum atomic E-state index is 12.3. The fourth-order valence-electron chi connectivity index (χ4n) is 1.40. The monoisotopic (exact) mass is 276 g/mol. The highest BCUT2D eigenvalue weighted by atomic mass is 19.1. The Kier molecular flexibility index (Phi) is 18.5. The van der Waals surface area contributed by atoms with Gasteiger partial charge in [-0.2, -0.15) is 0 Å². The highest BCUT2D eigenvalue weighted by Gasteiger charge is 2.20. The lowest BCUT2D eigenvalue weighted by Crippen LogP contribution is -2.30. The van der Waals surface area contributed by atoms with E-state index in [1.54, 1.807) is 0 Å². The molecule has 0 fully saturated rings. The van der Waals surface area contributed by atoms with Gasteiger partial charge in [-0.1, -0.05) is 54.5 Å². The Hall–Kier alpha value is -0.900. The van der Waals surface area contributed by atoms with Crippen molar-refractivity contribution in [3.63, 3.8) is 0 Å². The van der Waals surface area contributed by atoms with Crippen LogP contribution < -0.4 is 11.1 Å². The van der Waals surface area contributed by atoms with E-state index in [9.17, 15) is 9.18 Å². The van der Waals surface area contributed by atoms with Crippen LogP contribution in [0.4, 0.5) is 4.39 Å². The van der Waals surface area contributed by atoms with Crippen LogP contribution >= 0.6 is 0 Å². The summed E-state index contributed by atoms with van der Waals surface area (Å²) in [5.41, 5.74) is 5.63. The summed E-state index contributed by atoms with van der Waals surface area (Å²) in [6.45, 7) is 16.2. The fraction of sp³-hybridized carbons (Fsp3) is 0.800. The molecule has 0 aliphatic rings. The van der Waals surface area contributed by atoms with Gasteiger partial charge in [0, 0.05) is 6.54 Å². The van der Waals surface area contributed by atoms with Crippen LogP contribution in [-0.4, -0.2) is 19.0 Å². The summed E-state index contributed by atoms with van der Waals surface area (Å²) < 4.78 is 12.3. The topological polar surface area (TPSA) is 55.1 Å². The van der Waals surface area contributed by atoms with Crippen molar-refractivity contribution < 1.29 is 9.18 Å². The van der Waals surface area contributed by atoms with Crippen LogP contribution in [0.3, 0.4) is 0 Å². The van der Waals surface area contributed by atoms with Crippen LogP contribution in [-0.2, 0) is 4.79 Å². The third-order valence-corrected chi connectivity index (χ3v) is 2.86. The standard InChI is InChI=1S/C11H21FN2O.2C2H6/c1-4-11(3,5-7-13)6-8-14-10(15)9(2)12;2*1-2/h2,4-8,13H2,1,3H3,(H,14,15);2*1-2H3. The van der Waals surface area contributed by atoms with Crippen LogP contribution in [0.25, 0.3) is 0 Å². The first-order valence-electron chi connectivity index (χ1n) is 7.28. The Balaban J connectivity index is -0.000000579. The van der Waals surface area contributed by atoms with Crippen molar-refractivity contribution in [2.45, 2.75) is 60.8 Å². The number of hydrogen-bond donors (Lipinski definition) is 2. The summed E-state index contributed by atoms with van der Waals surface area (Å²) in [6, 6.07) is 0. The van der Waals surface area contributed by atoms with E-state index in [1.165, 1.54) is 0 Å². The molecule has 0 aliphatic heterocycles. The molecule has 19 heavy (non-hydrogen) atoms. The molecule has 0 spiro atoms. The zero-order valence-electron chi connectivity index (χ0n) is 13.6. The Bertz CT molecular complexity index is 232. The lowest BCUT2D eigenvalue weighted by molar-refractivity contribution is -0.118. The average Bonchev–Trinajstić information content (AvgIpc) is 2.43. The van der Waals surface area contributed by atoms with Gasteiger partial charge in [0.15, 0.2) is 5.83 Å². The van der Waals surface area contributed by atoms with Crippen LogP contribution in [0.1, 0.15) is 60.8 Å². The molecule has 4 heteroatoms. The van der Waals surface area contributed by atoms with E-state index >= 15 is 0 Å². The van der Waals surface area contributed by atoms with Crippen LogP contribution in [0.2, 0.25) is 0 Å². The first-order chi connectivity index (χ1) is 8.95.